The zero-order valence-corrected chi connectivity index (χ0v) is 10.6. The van der Waals surface area contributed by atoms with Gasteiger partial charge in [-0.3, -0.25) is 5.41 Å². The van der Waals surface area contributed by atoms with Crippen LogP contribution in [0, 0.1) is 12.3 Å². The van der Waals surface area contributed by atoms with Crippen LogP contribution in [0.5, 0.6) is 5.75 Å². The molecule has 0 amide bonds. The van der Waals surface area contributed by atoms with Crippen LogP contribution in [0.4, 0.5) is 0 Å². The first-order valence-corrected chi connectivity index (χ1v) is 5.92. The molecule has 0 saturated carbocycles. The molecule has 2 aromatic rings. The van der Waals surface area contributed by atoms with E-state index < -0.39 is 0 Å². The number of nitrogens with two attached hydrogens (primary N) is 1. The number of benzene rings is 1. The molecule has 1 atom stereocenters. The van der Waals surface area contributed by atoms with Crippen LogP contribution in [0.3, 0.4) is 0 Å². The topological polar surface area (TPSA) is 72.0 Å². The summed E-state index contributed by atoms with van der Waals surface area (Å²) in [7, 11) is 0. The van der Waals surface area contributed by atoms with E-state index in [2.05, 4.69) is 4.98 Å². The molecular weight excluding hydrogens is 226 g/mol. The van der Waals surface area contributed by atoms with E-state index in [-0.39, 0.29) is 11.9 Å². The third-order valence-electron chi connectivity index (χ3n) is 2.66. The van der Waals surface area contributed by atoms with Crippen molar-refractivity contribution >= 4 is 16.7 Å². The Balaban J connectivity index is 2.32. The zero-order valence-electron chi connectivity index (χ0n) is 10.6. The van der Waals surface area contributed by atoms with Crippen LogP contribution in [0.1, 0.15) is 19.0 Å². The van der Waals surface area contributed by atoms with E-state index in [1.54, 1.807) is 0 Å². The lowest BCUT2D eigenvalue weighted by Crippen LogP contribution is -2.21. The van der Waals surface area contributed by atoms with Crippen molar-refractivity contribution in [3.63, 3.8) is 0 Å². The summed E-state index contributed by atoms with van der Waals surface area (Å²) in [5.41, 5.74) is 7.18. The van der Waals surface area contributed by atoms with E-state index in [4.69, 9.17) is 15.9 Å². The van der Waals surface area contributed by atoms with Crippen LogP contribution < -0.4 is 10.5 Å². The van der Waals surface area contributed by atoms with Crippen molar-refractivity contribution in [3.05, 3.63) is 36.0 Å². The molecule has 1 heterocycles. The Morgan fingerprint density at radius 3 is 2.89 bits per heavy atom. The summed E-state index contributed by atoms with van der Waals surface area (Å²) in [6.07, 6.45) is 0.290. The average molecular weight is 243 g/mol. The first-order valence-electron chi connectivity index (χ1n) is 5.92. The molecule has 0 radical (unpaired) electrons. The van der Waals surface area contributed by atoms with Gasteiger partial charge in [0.2, 0.25) is 0 Å². The maximum absolute atomic E-state index is 7.27. The minimum atomic E-state index is -0.129. The van der Waals surface area contributed by atoms with Crippen LogP contribution >= 0.6 is 0 Å². The van der Waals surface area contributed by atoms with Crippen molar-refractivity contribution in [2.24, 2.45) is 5.73 Å². The number of hydrogen-bond acceptors (Lipinski definition) is 3. The molecule has 4 nitrogen and oxygen atoms in total. The molecule has 0 aliphatic carbocycles. The first-order chi connectivity index (χ1) is 8.56. The fourth-order valence-electron chi connectivity index (χ4n) is 1.88. The molecule has 4 heteroatoms. The van der Waals surface area contributed by atoms with Gasteiger partial charge in [0.15, 0.2) is 0 Å². The standard InChI is InChI=1S/C14H17N3O/c1-9-6-7-11-4-3-5-12(14(11)17-9)18-10(2)8-13(15)16/h3-7,10H,8H2,1-2H3,(H3,15,16). The van der Waals surface area contributed by atoms with Crippen LogP contribution in [0.2, 0.25) is 0 Å². The highest BCUT2D eigenvalue weighted by Crippen LogP contribution is 2.25. The Bertz CT molecular complexity index is 580. The van der Waals surface area contributed by atoms with Crippen LogP contribution in [0.15, 0.2) is 30.3 Å². The molecule has 2 rings (SSSR count). The van der Waals surface area contributed by atoms with Gasteiger partial charge in [-0.1, -0.05) is 18.2 Å². The summed E-state index contributed by atoms with van der Waals surface area (Å²) in [5.74, 6) is 0.872. The minimum Gasteiger partial charge on any atom is -0.488 e. The first kappa shape index (κ1) is 12.4. The molecule has 0 spiro atoms. The third kappa shape index (κ3) is 2.77. The van der Waals surface area contributed by atoms with E-state index in [0.717, 1.165) is 22.3 Å². The predicted molar refractivity (Wildman–Crippen MR) is 73.1 cm³/mol. The van der Waals surface area contributed by atoms with Crippen molar-refractivity contribution in [1.82, 2.24) is 4.98 Å². The number of nitrogens with zero attached hydrogens (tertiary/aromatic N) is 1. The lowest BCUT2D eigenvalue weighted by Gasteiger charge is -2.15. The number of pyridine rings is 1. The maximum atomic E-state index is 7.27. The second-order valence-corrected chi connectivity index (χ2v) is 4.44. The average Bonchev–Trinajstić information content (AvgIpc) is 2.28. The number of nitrogens with one attached hydrogen (secondary N) is 1. The highest BCUT2D eigenvalue weighted by Gasteiger charge is 2.09. The van der Waals surface area contributed by atoms with Crippen LogP contribution in [-0.4, -0.2) is 16.9 Å². The minimum absolute atomic E-state index is 0.129. The number of para-hydroxylation sites is 1. The second kappa shape index (κ2) is 5.04. The van der Waals surface area contributed by atoms with Crippen molar-refractivity contribution < 1.29 is 4.74 Å². The van der Waals surface area contributed by atoms with Gasteiger partial charge in [0.05, 0.1) is 5.84 Å². The fourth-order valence-corrected chi connectivity index (χ4v) is 1.88. The Hall–Kier alpha value is -2.10. The molecule has 0 aliphatic rings. The molecular formula is C14H17N3O. The highest BCUT2D eigenvalue weighted by atomic mass is 16.5. The van der Waals surface area contributed by atoms with E-state index in [9.17, 15) is 0 Å². The predicted octanol–water partition coefficient (Wildman–Crippen LogP) is 2.64. The Kier molecular flexibility index (Phi) is 3.46. The molecule has 0 fully saturated rings. The molecule has 94 valence electrons. The monoisotopic (exact) mass is 243 g/mol. The fraction of sp³-hybridized carbons (Fsp3) is 0.286. The number of ether oxygens (including phenoxy) is 1. The normalized spacial score (nSPS) is 12.3. The zero-order chi connectivity index (χ0) is 13.1. The number of fused-ring (bicyclic) bond motifs is 1. The molecule has 0 saturated heterocycles. The smallest absolute Gasteiger partial charge is 0.145 e. The summed E-state index contributed by atoms with van der Waals surface area (Å²) in [6, 6.07) is 9.84. The van der Waals surface area contributed by atoms with Gasteiger partial charge in [0, 0.05) is 17.5 Å². The Labute approximate surface area is 106 Å². The van der Waals surface area contributed by atoms with Crippen molar-refractivity contribution in [2.75, 3.05) is 0 Å². The van der Waals surface area contributed by atoms with Crippen molar-refractivity contribution in [3.8, 4) is 5.75 Å². The lowest BCUT2D eigenvalue weighted by atomic mass is 10.2. The van der Waals surface area contributed by atoms with Crippen LogP contribution in [-0.2, 0) is 0 Å². The van der Waals surface area contributed by atoms with Gasteiger partial charge in [0.25, 0.3) is 0 Å². The quantitative estimate of drug-likeness (QED) is 0.640. The summed E-state index contributed by atoms with van der Waals surface area (Å²) >= 11 is 0. The highest BCUT2D eigenvalue weighted by molar-refractivity contribution is 5.84. The number of rotatable bonds is 4. The number of amidine groups is 1. The maximum Gasteiger partial charge on any atom is 0.145 e. The van der Waals surface area contributed by atoms with Gasteiger partial charge in [-0.25, -0.2) is 4.98 Å². The lowest BCUT2D eigenvalue weighted by molar-refractivity contribution is 0.232. The molecule has 0 aliphatic heterocycles. The number of aromatic nitrogens is 1. The molecule has 1 aromatic carbocycles. The summed E-state index contributed by atoms with van der Waals surface area (Å²) in [4.78, 5) is 4.50. The van der Waals surface area contributed by atoms with Crippen molar-refractivity contribution in [1.29, 1.82) is 5.41 Å². The third-order valence-corrected chi connectivity index (χ3v) is 2.66. The molecule has 0 bridgehead atoms. The Morgan fingerprint density at radius 2 is 2.17 bits per heavy atom. The van der Waals surface area contributed by atoms with Gasteiger partial charge in [0.1, 0.15) is 17.4 Å². The Morgan fingerprint density at radius 1 is 1.39 bits per heavy atom. The summed E-state index contributed by atoms with van der Waals surface area (Å²) in [5, 5.41) is 8.32. The number of aryl methyl sites for hydroxylation is 1. The van der Waals surface area contributed by atoms with Crippen molar-refractivity contribution in [2.45, 2.75) is 26.4 Å². The SMILES string of the molecule is Cc1ccc2cccc(OC(C)CC(=N)N)c2n1. The van der Waals surface area contributed by atoms with Gasteiger partial charge in [-0.15, -0.1) is 0 Å². The van der Waals surface area contributed by atoms with Gasteiger partial charge < -0.3 is 10.5 Å². The van der Waals surface area contributed by atoms with Gasteiger partial charge >= 0.3 is 0 Å². The van der Waals surface area contributed by atoms with Gasteiger partial charge in [-0.2, -0.15) is 0 Å². The number of hydrogen-bond donors (Lipinski definition) is 2. The van der Waals surface area contributed by atoms with E-state index in [0.29, 0.717) is 6.42 Å². The largest absolute Gasteiger partial charge is 0.488 e. The summed E-state index contributed by atoms with van der Waals surface area (Å²) in [6.45, 7) is 3.85. The van der Waals surface area contributed by atoms with E-state index in [1.165, 1.54) is 0 Å². The molecule has 1 unspecified atom stereocenters. The van der Waals surface area contributed by atoms with E-state index in [1.807, 2.05) is 44.2 Å². The molecule has 1 aromatic heterocycles. The summed E-state index contributed by atoms with van der Waals surface area (Å²) < 4.78 is 5.81. The second-order valence-electron chi connectivity index (χ2n) is 4.44. The van der Waals surface area contributed by atoms with Crippen LogP contribution in [0.25, 0.3) is 10.9 Å². The van der Waals surface area contributed by atoms with Gasteiger partial charge in [-0.05, 0) is 26.0 Å². The molecule has 18 heavy (non-hydrogen) atoms. The molecule has 3 N–H and O–H groups in total. The van der Waals surface area contributed by atoms with E-state index >= 15 is 0 Å².